The quantitative estimate of drug-likeness (QED) is 0.0205. The molecule has 0 unspecified atom stereocenters. The molecule has 0 saturated heterocycles. The number of nitrogens with one attached hydrogen (secondary N) is 3. The number of aromatic carboxylic acids is 2. The van der Waals surface area contributed by atoms with Crippen LogP contribution < -0.4 is 244 Å². The molecule has 0 bridgehead atoms. The number of aromatic nitrogens is 7. The van der Waals surface area contributed by atoms with Gasteiger partial charge >= 0.3 is 207 Å². The summed E-state index contributed by atoms with van der Waals surface area (Å²) in [7, 11) is -26.3. The number of carboxylic acids is 2. The molecular formula is C59H39N14Na7O21S5. The average Bonchev–Trinajstić information content (AvgIpc) is 1.54. The Balaban J connectivity index is 0.00000417. The number of hydrogen-bond acceptors (Lipinski definition) is 28. The van der Waals surface area contributed by atoms with Crippen LogP contribution in [0.5, 0.6) is 11.8 Å². The molecule has 10 rings (SSSR count). The summed E-state index contributed by atoms with van der Waals surface area (Å²) in [6, 6.07) is 28.1. The van der Waals surface area contributed by atoms with Crippen molar-refractivity contribution in [2.45, 2.75) is 38.3 Å². The largest absolute Gasteiger partial charge is 1.00 e. The predicted molar refractivity (Wildman–Crippen MR) is 331 cm³/mol. The van der Waals surface area contributed by atoms with Crippen molar-refractivity contribution in [1.82, 2.24) is 34.5 Å². The minimum absolute atomic E-state index is 0. The van der Waals surface area contributed by atoms with E-state index >= 15 is 0 Å². The minimum atomic E-state index is -5.42. The molecule has 0 aliphatic heterocycles. The number of para-hydroxylation sites is 1. The number of carbonyl (C=O) groups excluding carboxylic acids is 2. The fraction of sp³-hybridized carbons (Fsp3) is 0.0339. The number of H-pyrrole nitrogens is 3. The summed E-state index contributed by atoms with van der Waals surface area (Å²) < 4.78 is 185. The van der Waals surface area contributed by atoms with E-state index in [2.05, 4.69) is 60.6 Å². The molecule has 0 fully saturated rings. The summed E-state index contributed by atoms with van der Waals surface area (Å²) in [5, 5.41) is 73.6. The summed E-state index contributed by atoms with van der Waals surface area (Å²) >= 11 is 0. The van der Waals surface area contributed by atoms with E-state index in [1.54, 1.807) is 30.3 Å². The van der Waals surface area contributed by atoms with Crippen molar-refractivity contribution < 1.29 is 302 Å². The molecule has 0 amide bonds. The van der Waals surface area contributed by atoms with E-state index in [1.165, 1.54) is 56.3 Å². The van der Waals surface area contributed by atoms with Gasteiger partial charge in [0.25, 0.3) is 20.2 Å². The van der Waals surface area contributed by atoms with E-state index < -0.39 is 116 Å². The molecule has 7 aromatic carbocycles. The zero-order valence-electron chi connectivity index (χ0n) is 56.8. The first kappa shape index (κ1) is 95.3. The van der Waals surface area contributed by atoms with Gasteiger partial charge in [-0.05, 0) is 121 Å². The molecule has 0 aliphatic rings. The number of aromatic amines is 3. The van der Waals surface area contributed by atoms with Crippen LogP contribution in [-0.2, 0) is 50.6 Å². The Morgan fingerprint density at radius 1 is 0.415 bits per heavy atom. The molecule has 106 heavy (non-hydrogen) atoms. The van der Waals surface area contributed by atoms with Crippen LogP contribution in [0.1, 0.15) is 54.4 Å². The first-order valence-corrected chi connectivity index (χ1v) is 34.5. The summed E-state index contributed by atoms with van der Waals surface area (Å²) in [4.78, 5) is 40.5. The van der Waals surface area contributed by atoms with Gasteiger partial charge < -0.3 is 43.7 Å². The second kappa shape index (κ2) is 39.4. The molecular weight excluding hydrogens is 1560 g/mol. The third-order valence-electron chi connectivity index (χ3n) is 13.7. The number of nitrogens with zero attached hydrogens (tertiary/aromatic N) is 11. The molecule has 0 saturated carbocycles. The van der Waals surface area contributed by atoms with Gasteiger partial charge in [-0.1, -0.05) is 85.0 Å². The Kier molecular flexibility index (Phi) is 35.4. The Hall–Kier alpha value is -4.86. The SMILES string of the molecule is Cc1nn(-c2ccc(/C=C/c3ccc(N=c4[nH]c(=Nc5ccccc5)[nH]c(=Nc5ccc(/C=C/c6ccc(-n7nc(C)c(N=Nc8ccc(S(=O)(=O)[O-])cc8C(=O)[O-])c7[O-])cc6S(=O)(=O)O)c(S(=O)(=O)[O-])c5)[nH]4)cc3S(=O)(=O)[O-])c(S(=O)(=O)O)c2)c([O-])c1N=Nc1ccccc1C(=O)[O-].[Na+].[Na+].[Na+].[Na+].[Na+].[Na+].[Na+]. The topological polar surface area (TPSA) is 576 Å². The van der Waals surface area contributed by atoms with Gasteiger partial charge in [0.05, 0.1) is 77.8 Å². The standard InChI is InChI=1S/C59H46N14O21S5.7Na/c1-31-51(68-66-45-11-7-6-10-43(45)55(76)77)53(74)72(70-31)40-22-18-35(49(28-40)98(89,90)91)14-12-33-16-20-38(26-47(33)96(83,84)85)61-58-63-57(60-37-8-4-3-5-9-37)64-59(65-58)62-39-21-17-34(48(27-39)97(86,87)88)13-15-36-19-23-41(29-50(36)99(92,93)94)73-54(75)52(32(2)71-73)69-67-46-25-24-42(95(80,81)82)30-44(46)56(78)79;;;;;;;/h3-30,74-75H,1-2H3,(H,76,77)(H,78,79)(H,80,81,82)(H,83,84,85)(H,86,87,88)(H,89,90,91)(H,92,93,94)(H3,60,61,62,63,64,65);;;;;;;/q;7*+1/p-7/b14-12+,15-13+,68-66?,69-67?;;;;;;;. The number of carboxylic acid groups (broad SMARTS) is 2. The number of hydrogen-bond donors (Lipinski definition) is 5. The fourth-order valence-electron chi connectivity index (χ4n) is 9.21. The third kappa shape index (κ3) is 23.6. The van der Waals surface area contributed by atoms with E-state index in [0.29, 0.717) is 16.4 Å². The summed E-state index contributed by atoms with van der Waals surface area (Å²) in [5.74, 6) is -5.51. The minimum Gasteiger partial charge on any atom is -0.857 e. The van der Waals surface area contributed by atoms with Crippen molar-refractivity contribution in [3.8, 4) is 23.1 Å². The van der Waals surface area contributed by atoms with Crippen LogP contribution in [-0.4, -0.2) is 111 Å². The van der Waals surface area contributed by atoms with Gasteiger partial charge in [0.2, 0.25) is 16.9 Å². The van der Waals surface area contributed by atoms with E-state index in [9.17, 15) is 94.9 Å². The average molecular weight is 1600 g/mol. The second-order valence-corrected chi connectivity index (χ2v) is 27.3. The van der Waals surface area contributed by atoms with Gasteiger partial charge in [0.15, 0.2) is 0 Å². The number of rotatable bonds is 20. The van der Waals surface area contributed by atoms with Gasteiger partial charge in [0, 0.05) is 22.9 Å². The maximum atomic E-state index is 13.5. The number of benzene rings is 7. The van der Waals surface area contributed by atoms with Crippen LogP contribution in [0.15, 0.2) is 206 Å². The second-order valence-electron chi connectivity index (χ2n) is 20.4. The van der Waals surface area contributed by atoms with Crippen molar-refractivity contribution in [1.29, 1.82) is 0 Å². The van der Waals surface area contributed by atoms with E-state index in [-0.39, 0.29) is 297 Å². The molecule has 10 aromatic rings. The van der Waals surface area contributed by atoms with Crippen LogP contribution in [0.4, 0.5) is 39.8 Å². The summed E-state index contributed by atoms with van der Waals surface area (Å²) in [5.41, 5.74) is -5.49. The Labute approximate surface area is 755 Å². The normalized spacial score (nSPS) is 12.4. The van der Waals surface area contributed by atoms with E-state index in [0.717, 1.165) is 95.7 Å². The van der Waals surface area contributed by atoms with Gasteiger partial charge in [-0.15, -0.1) is 20.5 Å². The number of azo groups is 2. The maximum Gasteiger partial charge on any atom is 1.00 e. The van der Waals surface area contributed by atoms with Crippen molar-refractivity contribution in [2.75, 3.05) is 0 Å². The molecule has 3 heterocycles. The monoisotopic (exact) mass is 1600 g/mol. The van der Waals surface area contributed by atoms with Crippen molar-refractivity contribution >= 4 is 127 Å². The molecule has 3 aromatic heterocycles. The van der Waals surface area contributed by atoms with Crippen molar-refractivity contribution in [3.63, 3.8) is 0 Å². The van der Waals surface area contributed by atoms with Gasteiger partial charge in [-0.3, -0.25) is 24.1 Å². The van der Waals surface area contributed by atoms with E-state index in [4.69, 9.17) is 0 Å². The Morgan fingerprint density at radius 3 is 1.15 bits per heavy atom. The van der Waals surface area contributed by atoms with Crippen molar-refractivity contribution in [3.05, 3.63) is 207 Å². The zero-order chi connectivity index (χ0) is 71.7. The van der Waals surface area contributed by atoms with Gasteiger partial charge in [0.1, 0.15) is 51.5 Å². The fourth-order valence-corrected chi connectivity index (χ4v) is 12.5. The molecule has 0 radical (unpaired) electrons. The van der Waals surface area contributed by atoms with Crippen molar-refractivity contribution in [2.24, 2.45) is 35.4 Å². The van der Waals surface area contributed by atoms with Gasteiger partial charge in [-0.2, -0.15) is 27.0 Å². The summed E-state index contributed by atoms with van der Waals surface area (Å²) in [6.45, 7) is 2.63. The van der Waals surface area contributed by atoms with Crippen LogP contribution in [0.3, 0.4) is 0 Å². The summed E-state index contributed by atoms with van der Waals surface area (Å²) in [6.07, 6.45) is 4.07. The van der Waals surface area contributed by atoms with Crippen LogP contribution in [0, 0.1) is 13.8 Å². The molecule has 47 heteroatoms. The van der Waals surface area contributed by atoms with E-state index in [1.807, 2.05) is 0 Å². The molecule has 0 aliphatic carbocycles. The van der Waals surface area contributed by atoms with Crippen LogP contribution in [0.25, 0.3) is 35.7 Å². The molecule has 35 nitrogen and oxygen atoms in total. The van der Waals surface area contributed by atoms with Gasteiger partial charge in [-0.25, -0.2) is 49.6 Å². The Morgan fingerprint density at radius 2 is 0.774 bits per heavy atom. The number of carbonyl (C=O) groups is 2. The van der Waals surface area contributed by atoms with Crippen LogP contribution in [0.2, 0.25) is 0 Å². The smallest absolute Gasteiger partial charge is 0.857 e. The van der Waals surface area contributed by atoms with Crippen LogP contribution >= 0.6 is 0 Å². The Bertz CT molecular complexity index is 6020. The predicted octanol–water partition coefficient (Wildman–Crippen LogP) is -17.4. The first-order chi connectivity index (χ1) is 46.5. The third-order valence-corrected chi connectivity index (χ3v) is 18.2. The molecule has 0 spiro atoms. The maximum absolute atomic E-state index is 13.5. The molecule has 508 valence electrons. The molecule has 0 atom stereocenters. The zero-order valence-corrected chi connectivity index (χ0v) is 74.9. The first-order valence-electron chi connectivity index (χ1n) is 27.4. The molecule has 5 N–H and O–H groups in total. The number of aryl methyl sites for hydroxylation is 2.